The molecule has 1 aromatic heterocycles. The van der Waals surface area contributed by atoms with Crippen LogP contribution in [0.2, 0.25) is 10.0 Å². The van der Waals surface area contributed by atoms with Gasteiger partial charge in [-0.2, -0.15) is 0 Å². The monoisotopic (exact) mass is 448 g/mol. The number of aromatic nitrogens is 1. The standard InChI is InChI=1S/C23H26Cl2N2O3/c1-29-21(28)23-10-7-22(8-11-23,9-12-23)13-26-19-18(27-30-20(19)14-5-6-14)17-15(24)3-2-4-16(17)25/h2-4,14,26H,5-13H2,1H3. The lowest BCUT2D eigenvalue weighted by Crippen LogP contribution is -2.48. The highest BCUT2D eigenvalue weighted by Gasteiger charge is 2.53. The number of anilines is 1. The number of carbonyl (C=O) groups excluding carboxylic acids is 1. The number of fused-ring (bicyclic) bond motifs is 3. The zero-order valence-electron chi connectivity index (χ0n) is 17.1. The number of nitrogens with one attached hydrogen (secondary N) is 1. The second-order valence-corrected chi connectivity index (χ2v) is 10.1. The van der Waals surface area contributed by atoms with Gasteiger partial charge in [0.15, 0.2) is 5.76 Å². The van der Waals surface area contributed by atoms with E-state index in [0.29, 0.717) is 27.2 Å². The Balaban J connectivity index is 1.40. The molecule has 2 bridgehead atoms. The van der Waals surface area contributed by atoms with Crippen molar-refractivity contribution in [1.82, 2.24) is 5.16 Å². The van der Waals surface area contributed by atoms with E-state index in [-0.39, 0.29) is 16.8 Å². The summed E-state index contributed by atoms with van der Waals surface area (Å²) in [5.74, 6) is 1.29. The molecule has 0 atom stereocenters. The van der Waals surface area contributed by atoms with Crippen LogP contribution in [0, 0.1) is 10.8 Å². The molecule has 2 aromatic rings. The van der Waals surface area contributed by atoms with E-state index >= 15 is 0 Å². The van der Waals surface area contributed by atoms with Gasteiger partial charge in [0, 0.05) is 18.0 Å². The number of carbonyl (C=O) groups is 1. The molecule has 0 radical (unpaired) electrons. The van der Waals surface area contributed by atoms with Crippen molar-refractivity contribution >= 4 is 34.9 Å². The lowest BCUT2D eigenvalue weighted by atomic mass is 9.53. The SMILES string of the molecule is COC(=O)C12CCC(CNc3c(-c4c(Cl)cccc4Cl)noc3C3CC3)(CC1)CC2. The molecule has 5 nitrogen and oxygen atoms in total. The predicted molar refractivity (Wildman–Crippen MR) is 117 cm³/mol. The Labute approximate surface area is 186 Å². The van der Waals surface area contributed by atoms with Crippen LogP contribution in [0.15, 0.2) is 22.7 Å². The highest BCUT2D eigenvalue weighted by Crippen LogP contribution is 2.58. The zero-order chi connectivity index (χ0) is 20.9. The molecule has 4 aliphatic carbocycles. The van der Waals surface area contributed by atoms with Gasteiger partial charge in [-0.05, 0) is 68.9 Å². The Bertz CT molecular complexity index is 938. The zero-order valence-corrected chi connectivity index (χ0v) is 18.6. The normalized spacial score (nSPS) is 27.8. The molecular weight excluding hydrogens is 423 g/mol. The number of nitrogens with zero attached hydrogens (tertiary/aromatic N) is 1. The minimum atomic E-state index is -0.261. The summed E-state index contributed by atoms with van der Waals surface area (Å²) in [6, 6.07) is 5.48. The summed E-state index contributed by atoms with van der Waals surface area (Å²) < 4.78 is 10.9. The van der Waals surface area contributed by atoms with Gasteiger partial charge in [0.05, 0.1) is 22.6 Å². The van der Waals surface area contributed by atoms with Crippen molar-refractivity contribution in [2.24, 2.45) is 10.8 Å². The summed E-state index contributed by atoms with van der Waals surface area (Å²) >= 11 is 12.9. The van der Waals surface area contributed by atoms with Gasteiger partial charge in [-0.3, -0.25) is 4.79 Å². The molecule has 0 aliphatic heterocycles. The molecule has 1 aromatic carbocycles. The highest BCUT2D eigenvalue weighted by atomic mass is 35.5. The second-order valence-electron chi connectivity index (χ2n) is 9.27. The number of halogens is 2. The smallest absolute Gasteiger partial charge is 0.311 e. The second kappa shape index (κ2) is 7.45. The van der Waals surface area contributed by atoms with Crippen molar-refractivity contribution in [2.45, 2.75) is 57.3 Å². The van der Waals surface area contributed by atoms with Crippen molar-refractivity contribution in [3.05, 3.63) is 34.0 Å². The van der Waals surface area contributed by atoms with Gasteiger partial charge in [-0.15, -0.1) is 0 Å². The van der Waals surface area contributed by atoms with Gasteiger partial charge in [0.25, 0.3) is 0 Å². The summed E-state index contributed by atoms with van der Waals surface area (Å²) in [6.07, 6.45) is 8.04. The van der Waals surface area contributed by atoms with E-state index in [4.69, 9.17) is 32.5 Å². The van der Waals surface area contributed by atoms with Crippen LogP contribution in [0.4, 0.5) is 5.69 Å². The van der Waals surface area contributed by atoms with E-state index in [1.54, 1.807) is 0 Å². The first kappa shape index (κ1) is 20.2. The van der Waals surface area contributed by atoms with E-state index < -0.39 is 0 Å². The van der Waals surface area contributed by atoms with Gasteiger partial charge in [-0.1, -0.05) is 34.4 Å². The predicted octanol–water partition coefficient (Wildman–Crippen LogP) is 6.45. The van der Waals surface area contributed by atoms with Gasteiger partial charge >= 0.3 is 5.97 Å². The lowest BCUT2D eigenvalue weighted by molar-refractivity contribution is -0.162. The highest BCUT2D eigenvalue weighted by molar-refractivity contribution is 6.39. The lowest BCUT2D eigenvalue weighted by Gasteiger charge is -2.52. The molecule has 30 heavy (non-hydrogen) atoms. The Morgan fingerprint density at radius 1 is 1.17 bits per heavy atom. The van der Waals surface area contributed by atoms with Gasteiger partial charge < -0.3 is 14.6 Å². The van der Waals surface area contributed by atoms with Crippen LogP contribution in [0.1, 0.15) is 63.0 Å². The third-order valence-corrected chi connectivity index (χ3v) is 8.16. The van der Waals surface area contributed by atoms with E-state index in [9.17, 15) is 4.79 Å². The van der Waals surface area contributed by atoms with Crippen molar-refractivity contribution in [3.8, 4) is 11.3 Å². The Morgan fingerprint density at radius 2 is 1.80 bits per heavy atom. The number of esters is 1. The van der Waals surface area contributed by atoms with Crippen LogP contribution in [0.3, 0.4) is 0 Å². The topological polar surface area (TPSA) is 64.4 Å². The molecule has 6 rings (SSSR count). The third kappa shape index (κ3) is 3.31. The molecule has 0 saturated heterocycles. The first-order valence-corrected chi connectivity index (χ1v) is 11.5. The number of benzene rings is 1. The van der Waals surface area contributed by atoms with Crippen molar-refractivity contribution in [3.63, 3.8) is 0 Å². The van der Waals surface area contributed by atoms with Gasteiger partial charge in [0.1, 0.15) is 11.4 Å². The third-order valence-electron chi connectivity index (χ3n) is 7.53. The number of hydrogen-bond donors (Lipinski definition) is 1. The molecule has 1 N–H and O–H groups in total. The summed E-state index contributed by atoms with van der Waals surface area (Å²) in [4.78, 5) is 12.3. The van der Waals surface area contributed by atoms with Crippen molar-refractivity contribution in [1.29, 1.82) is 0 Å². The van der Waals surface area contributed by atoms with E-state index in [2.05, 4.69) is 10.5 Å². The largest absolute Gasteiger partial charge is 0.469 e. The molecule has 0 spiro atoms. The maximum Gasteiger partial charge on any atom is 0.311 e. The maximum absolute atomic E-state index is 12.3. The summed E-state index contributed by atoms with van der Waals surface area (Å²) in [5.41, 5.74) is 2.27. The van der Waals surface area contributed by atoms with Crippen LogP contribution in [0.25, 0.3) is 11.3 Å². The quantitative estimate of drug-likeness (QED) is 0.514. The van der Waals surface area contributed by atoms with E-state index in [1.165, 1.54) is 7.11 Å². The molecular formula is C23H26Cl2N2O3. The van der Waals surface area contributed by atoms with Crippen molar-refractivity contribution in [2.75, 3.05) is 19.0 Å². The van der Waals surface area contributed by atoms with Crippen LogP contribution >= 0.6 is 23.2 Å². The first-order chi connectivity index (χ1) is 14.5. The fourth-order valence-electron chi connectivity index (χ4n) is 5.32. The molecule has 4 fully saturated rings. The number of methoxy groups -OCH3 is 1. The molecule has 0 unspecified atom stereocenters. The average Bonchev–Trinajstić information content (AvgIpc) is 3.53. The number of rotatable bonds is 6. The van der Waals surface area contributed by atoms with Crippen LogP contribution < -0.4 is 5.32 Å². The van der Waals surface area contributed by atoms with E-state index in [0.717, 1.165) is 69.4 Å². The Morgan fingerprint density at radius 3 is 2.37 bits per heavy atom. The first-order valence-electron chi connectivity index (χ1n) is 10.7. The Hall–Kier alpha value is -1.72. The summed E-state index contributed by atoms with van der Waals surface area (Å²) in [5, 5.41) is 9.19. The van der Waals surface area contributed by atoms with Crippen LogP contribution in [-0.2, 0) is 9.53 Å². The summed E-state index contributed by atoms with van der Waals surface area (Å²) in [6.45, 7) is 0.834. The maximum atomic E-state index is 12.3. The molecule has 4 saturated carbocycles. The number of ether oxygens (including phenoxy) is 1. The molecule has 4 aliphatic rings. The minimum absolute atomic E-state index is 0.0329. The minimum Gasteiger partial charge on any atom is -0.469 e. The molecule has 0 amide bonds. The van der Waals surface area contributed by atoms with Crippen LogP contribution in [-0.4, -0.2) is 24.8 Å². The van der Waals surface area contributed by atoms with Gasteiger partial charge in [0.2, 0.25) is 0 Å². The number of hydrogen-bond acceptors (Lipinski definition) is 5. The van der Waals surface area contributed by atoms with Gasteiger partial charge in [-0.25, -0.2) is 0 Å². The fourth-order valence-corrected chi connectivity index (χ4v) is 5.90. The molecule has 7 heteroatoms. The molecule has 160 valence electrons. The summed E-state index contributed by atoms with van der Waals surface area (Å²) in [7, 11) is 1.50. The van der Waals surface area contributed by atoms with Crippen LogP contribution in [0.5, 0.6) is 0 Å². The average molecular weight is 449 g/mol. The molecule has 1 heterocycles. The Kier molecular flexibility index (Phi) is 5.02. The van der Waals surface area contributed by atoms with E-state index in [1.807, 2.05) is 18.2 Å². The fraction of sp³-hybridized carbons (Fsp3) is 0.565. The van der Waals surface area contributed by atoms with Crippen molar-refractivity contribution < 1.29 is 14.1 Å².